The maximum atomic E-state index is 12.6. The molecule has 168 valence electrons. The molecule has 1 fully saturated rings. The highest BCUT2D eigenvalue weighted by atomic mass is 19.3. The van der Waals surface area contributed by atoms with Crippen LogP contribution >= 0.6 is 0 Å². The summed E-state index contributed by atoms with van der Waals surface area (Å²) in [5.74, 6) is 1.77. The predicted octanol–water partition coefficient (Wildman–Crippen LogP) is 3.42. The van der Waals surface area contributed by atoms with Crippen molar-refractivity contribution in [2.75, 3.05) is 36.5 Å². The van der Waals surface area contributed by atoms with Crippen LogP contribution in [0.25, 0.3) is 0 Å². The Labute approximate surface area is 181 Å². The zero-order valence-corrected chi connectivity index (χ0v) is 18.1. The molecule has 1 saturated heterocycles. The first-order valence-electron chi connectivity index (χ1n) is 10.5. The molecule has 1 aromatic carbocycles. The fourth-order valence-electron chi connectivity index (χ4n) is 3.47. The van der Waals surface area contributed by atoms with E-state index in [9.17, 15) is 13.6 Å². The van der Waals surface area contributed by atoms with Crippen molar-refractivity contribution in [3.63, 3.8) is 0 Å². The first-order valence-corrected chi connectivity index (χ1v) is 10.5. The Morgan fingerprint density at radius 3 is 2.74 bits per heavy atom. The first-order chi connectivity index (χ1) is 14.9. The fraction of sp³-hybridized carbons (Fsp3) is 0.500. The van der Waals surface area contributed by atoms with Gasteiger partial charge in [0.05, 0.1) is 19.1 Å². The van der Waals surface area contributed by atoms with E-state index in [4.69, 9.17) is 4.74 Å². The number of hydrogen-bond donors (Lipinski definition) is 1. The summed E-state index contributed by atoms with van der Waals surface area (Å²) in [6, 6.07) is 9.46. The molecule has 7 nitrogen and oxygen atoms in total. The third-order valence-corrected chi connectivity index (χ3v) is 5.23. The van der Waals surface area contributed by atoms with Gasteiger partial charge in [-0.15, -0.1) is 0 Å². The summed E-state index contributed by atoms with van der Waals surface area (Å²) in [4.78, 5) is 23.5. The van der Waals surface area contributed by atoms with Gasteiger partial charge in [0.15, 0.2) is 0 Å². The van der Waals surface area contributed by atoms with Gasteiger partial charge < -0.3 is 19.9 Å². The van der Waals surface area contributed by atoms with Gasteiger partial charge in [0, 0.05) is 32.6 Å². The van der Waals surface area contributed by atoms with E-state index in [1.807, 2.05) is 38.1 Å². The lowest BCUT2D eigenvalue weighted by molar-refractivity contribution is -0.121. The molecule has 0 aliphatic carbocycles. The Morgan fingerprint density at radius 1 is 1.32 bits per heavy atom. The minimum absolute atomic E-state index is 0.000256. The van der Waals surface area contributed by atoms with Gasteiger partial charge >= 0.3 is 0 Å². The van der Waals surface area contributed by atoms with E-state index >= 15 is 0 Å². The molecule has 2 atom stereocenters. The van der Waals surface area contributed by atoms with E-state index in [-0.39, 0.29) is 24.0 Å². The molecular formula is C22H29F2N5O2. The van der Waals surface area contributed by atoms with Gasteiger partial charge in [-0.1, -0.05) is 19.1 Å². The molecule has 1 aliphatic heterocycles. The Balaban J connectivity index is 1.56. The summed E-state index contributed by atoms with van der Waals surface area (Å²) in [5, 5.41) is 2.94. The third-order valence-electron chi connectivity index (χ3n) is 5.23. The number of nitrogens with zero attached hydrogens (tertiary/aromatic N) is 4. The summed E-state index contributed by atoms with van der Waals surface area (Å²) in [5.41, 5.74) is 1.02. The number of benzene rings is 1. The van der Waals surface area contributed by atoms with E-state index in [2.05, 4.69) is 20.2 Å². The van der Waals surface area contributed by atoms with E-state index < -0.39 is 13.0 Å². The van der Waals surface area contributed by atoms with Crippen molar-refractivity contribution >= 4 is 17.7 Å². The highest BCUT2D eigenvalue weighted by Gasteiger charge is 2.26. The normalized spacial score (nSPS) is 17.0. The number of aromatic nitrogens is 2. The maximum absolute atomic E-state index is 12.6. The van der Waals surface area contributed by atoms with Gasteiger partial charge in [-0.05, 0) is 30.7 Å². The molecule has 0 radical (unpaired) electrons. The Bertz CT molecular complexity index is 865. The smallest absolute Gasteiger partial charge is 0.255 e. The SMILES string of the molecule is CCC(=O)N[C@@H](C)c1ccc(OC2CCN(c3ccnc(N(C)CC(F)F)n3)C2)cc1. The van der Waals surface area contributed by atoms with Crippen molar-refractivity contribution in [2.45, 2.75) is 45.3 Å². The van der Waals surface area contributed by atoms with Gasteiger partial charge in [-0.25, -0.2) is 13.8 Å². The van der Waals surface area contributed by atoms with Crippen LogP contribution in [0.15, 0.2) is 36.5 Å². The quantitative estimate of drug-likeness (QED) is 0.654. The summed E-state index contributed by atoms with van der Waals surface area (Å²) in [6.45, 7) is 4.78. The molecule has 1 N–H and O–H groups in total. The second-order valence-electron chi connectivity index (χ2n) is 7.67. The summed E-state index contributed by atoms with van der Waals surface area (Å²) in [7, 11) is 1.55. The van der Waals surface area contributed by atoms with Crippen molar-refractivity contribution in [3.8, 4) is 5.75 Å². The largest absolute Gasteiger partial charge is 0.489 e. The predicted molar refractivity (Wildman–Crippen MR) is 116 cm³/mol. The highest BCUT2D eigenvalue weighted by molar-refractivity contribution is 5.76. The minimum atomic E-state index is -2.45. The lowest BCUT2D eigenvalue weighted by atomic mass is 10.1. The lowest BCUT2D eigenvalue weighted by Crippen LogP contribution is -2.28. The van der Waals surface area contributed by atoms with Crippen LogP contribution in [0.3, 0.4) is 0 Å². The molecule has 31 heavy (non-hydrogen) atoms. The second kappa shape index (κ2) is 10.4. The number of carbonyl (C=O) groups is 1. The number of amides is 1. The fourth-order valence-corrected chi connectivity index (χ4v) is 3.47. The Morgan fingerprint density at radius 2 is 2.06 bits per heavy atom. The van der Waals surface area contributed by atoms with Crippen molar-refractivity contribution in [3.05, 3.63) is 42.1 Å². The summed E-state index contributed by atoms with van der Waals surface area (Å²) in [6.07, 6.45) is 0.432. The lowest BCUT2D eigenvalue weighted by Gasteiger charge is -2.21. The molecule has 0 saturated carbocycles. The number of hydrogen-bond acceptors (Lipinski definition) is 6. The zero-order valence-electron chi connectivity index (χ0n) is 18.1. The highest BCUT2D eigenvalue weighted by Crippen LogP contribution is 2.24. The van der Waals surface area contributed by atoms with Crippen LogP contribution in [-0.4, -0.2) is 55.1 Å². The number of rotatable bonds is 9. The molecule has 2 heterocycles. The van der Waals surface area contributed by atoms with Crippen molar-refractivity contribution in [1.29, 1.82) is 0 Å². The van der Waals surface area contributed by atoms with Gasteiger partial charge in [0.1, 0.15) is 17.7 Å². The average molecular weight is 434 g/mol. The van der Waals surface area contributed by atoms with E-state index in [1.54, 1.807) is 19.3 Å². The molecule has 1 unspecified atom stereocenters. The molecule has 0 spiro atoms. The minimum Gasteiger partial charge on any atom is -0.489 e. The van der Waals surface area contributed by atoms with Crippen LogP contribution in [0.2, 0.25) is 0 Å². The van der Waals surface area contributed by atoms with Crippen molar-refractivity contribution in [1.82, 2.24) is 15.3 Å². The average Bonchev–Trinajstić information content (AvgIpc) is 3.22. The van der Waals surface area contributed by atoms with Gasteiger partial charge in [0.25, 0.3) is 6.43 Å². The van der Waals surface area contributed by atoms with E-state index in [1.165, 1.54) is 4.90 Å². The van der Waals surface area contributed by atoms with E-state index in [0.717, 1.165) is 24.3 Å². The molecule has 9 heteroatoms. The molecule has 3 rings (SSSR count). The van der Waals surface area contributed by atoms with Gasteiger partial charge in [0.2, 0.25) is 11.9 Å². The molecule has 1 aromatic heterocycles. The van der Waals surface area contributed by atoms with Crippen LogP contribution in [0.4, 0.5) is 20.5 Å². The van der Waals surface area contributed by atoms with Crippen molar-refractivity contribution < 1.29 is 18.3 Å². The molecule has 0 bridgehead atoms. The van der Waals surface area contributed by atoms with Crippen LogP contribution in [0.1, 0.15) is 38.3 Å². The van der Waals surface area contributed by atoms with Crippen LogP contribution in [-0.2, 0) is 4.79 Å². The summed E-state index contributed by atoms with van der Waals surface area (Å²) >= 11 is 0. The topological polar surface area (TPSA) is 70.6 Å². The molecule has 1 aliphatic rings. The maximum Gasteiger partial charge on any atom is 0.255 e. The Hall–Kier alpha value is -2.97. The number of alkyl halides is 2. The van der Waals surface area contributed by atoms with Crippen molar-refractivity contribution in [2.24, 2.45) is 0 Å². The number of anilines is 2. The second-order valence-corrected chi connectivity index (χ2v) is 7.67. The van der Waals surface area contributed by atoms with Crippen LogP contribution in [0.5, 0.6) is 5.75 Å². The number of carbonyl (C=O) groups excluding carboxylic acids is 1. The van der Waals surface area contributed by atoms with Crippen LogP contribution < -0.4 is 19.9 Å². The third kappa shape index (κ3) is 6.26. The monoisotopic (exact) mass is 433 g/mol. The molecule has 1 amide bonds. The van der Waals surface area contributed by atoms with Crippen LogP contribution in [0, 0.1) is 0 Å². The number of nitrogens with one attached hydrogen (secondary N) is 1. The van der Waals surface area contributed by atoms with Gasteiger partial charge in [-0.3, -0.25) is 4.79 Å². The first kappa shape index (κ1) is 22.7. The summed E-state index contributed by atoms with van der Waals surface area (Å²) < 4.78 is 31.4. The Kier molecular flexibility index (Phi) is 7.59. The molecule has 2 aromatic rings. The standard InChI is InChI=1S/C22H29F2N5O2/c1-4-21(30)26-15(2)16-5-7-17(8-6-16)31-18-10-12-29(13-18)20-9-11-25-22(27-20)28(3)14-19(23)24/h5-9,11,15,18-19H,4,10,12-14H2,1-3H3,(H,26,30)/t15-,18?/m0/s1. The number of ether oxygens (including phenoxy) is 1. The number of halogens is 2. The zero-order chi connectivity index (χ0) is 22.4. The molecular weight excluding hydrogens is 404 g/mol. The van der Waals surface area contributed by atoms with Gasteiger partial charge in [-0.2, -0.15) is 4.98 Å². The van der Waals surface area contributed by atoms with E-state index in [0.29, 0.717) is 18.8 Å².